The number of ether oxygens (including phenoxy) is 1. The smallest absolute Gasteiger partial charge is 0.253 e. The van der Waals surface area contributed by atoms with Gasteiger partial charge in [0.05, 0.1) is 20.3 Å². The number of nitrogens with one attached hydrogen (secondary N) is 2. The fourth-order valence-electron chi connectivity index (χ4n) is 3.20. The molecule has 7 nitrogen and oxygen atoms in total. The van der Waals surface area contributed by atoms with E-state index in [2.05, 4.69) is 29.0 Å². The second kappa shape index (κ2) is 11.7. The van der Waals surface area contributed by atoms with Crippen LogP contribution in [-0.2, 0) is 6.54 Å². The van der Waals surface area contributed by atoms with Gasteiger partial charge in [0.25, 0.3) is 5.56 Å². The monoisotopic (exact) mass is 420 g/mol. The number of fused-ring (bicyclic) bond motifs is 1. The Hall–Kier alpha value is -2.16. The van der Waals surface area contributed by atoms with Crippen LogP contribution in [0.4, 0.5) is 0 Å². The molecule has 0 atom stereocenters. The highest BCUT2D eigenvalue weighted by molar-refractivity contribution is 7.80. The molecule has 0 aliphatic carbocycles. The third-order valence-electron chi connectivity index (χ3n) is 4.97. The zero-order valence-electron chi connectivity index (χ0n) is 17.5. The minimum absolute atomic E-state index is 0.0411. The number of rotatable bonds is 11. The number of aromatic amines is 1. The molecule has 0 unspecified atom stereocenters. The second-order valence-electron chi connectivity index (χ2n) is 6.83. The van der Waals surface area contributed by atoms with Crippen molar-refractivity contribution < 1.29 is 9.84 Å². The van der Waals surface area contributed by atoms with Crippen molar-refractivity contribution in [3.05, 3.63) is 40.2 Å². The maximum atomic E-state index is 12.5. The van der Waals surface area contributed by atoms with E-state index in [-0.39, 0.29) is 12.2 Å². The summed E-state index contributed by atoms with van der Waals surface area (Å²) in [6, 6.07) is 7.37. The predicted octanol–water partition coefficient (Wildman–Crippen LogP) is 1.94. The molecule has 0 bridgehead atoms. The molecular weight excluding hydrogens is 388 g/mol. The van der Waals surface area contributed by atoms with Gasteiger partial charge in [-0.1, -0.05) is 13.8 Å². The van der Waals surface area contributed by atoms with Crippen LogP contribution in [0.25, 0.3) is 10.9 Å². The highest BCUT2D eigenvalue weighted by atomic mass is 32.1. The number of H-pyrrole nitrogens is 1. The molecule has 2 rings (SSSR count). The van der Waals surface area contributed by atoms with Crippen LogP contribution in [0.5, 0.6) is 5.75 Å². The summed E-state index contributed by atoms with van der Waals surface area (Å²) in [6.07, 6.45) is 0.977. The van der Waals surface area contributed by atoms with E-state index in [0.29, 0.717) is 23.8 Å². The quantitative estimate of drug-likeness (QED) is 0.379. The third kappa shape index (κ3) is 6.69. The topological polar surface area (TPSA) is 80.8 Å². The number of aromatic nitrogens is 1. The van der Waals surface area contributed by atoms with Gasteiger partial charge in [0.15, 0.2) is 5.11 Å². The van der Waals surface area contributed by atoms with Crippen molar-refractivity contribution in [3.8, 4) is 5.75 Å². The minimum atomic E-state index is -0.157. The van der Waals surface area contributed by atoms with Crippen molar-refractivity contribution in [2.24, 2.45) is 0 Å². The van der Waals surface area contributed by atoms with Crippen LogP contribution in [0.1, 0.15) is 25.8 Å². The van der Waals surface area contributed by atoms with E-state index < -0.39 is 0 Å². The van der Waals surface area contributed by atoms with Gasteiger partial charge < -0.3 is 29.9 Å². The Morgan fingerprint density at radius 3 is 2.66 bits per heavy atom. The number of thiocarbonyl (C=S) groups is 1. The molecule has 3 N–H and O–H groups in total. The number of pyridine rings is 1. The predicted molar refractivity (Wildman–Crippen MR) is 122 cm³/mol. The Kier molecular flexibility index (Phi) is 9.37. The highest BCUT2D eigenvalue weighted by Crippen LogP contribution is 2.19. The van der Waals surface area contributed by atoms with Crippen molar-refractivity contribution in [1.82, 2.24) is 20.1 Å². The first-order valence-electron chi connectivity index (χ1n) is 10.1. The zero-order valence-corrected chi connectivity index (χ0v) is 18.3. The average Bonchev–Trinajstić information content (AvgIpc) is 2.73. The maximum Gasteiger partial charge on any atom is 0.253 e. The second-order valence-corrected chi connectivity index (χ2v) is 7.22. The standard InChI is InChI=1S/C21H32N4O3S/c1-4-24(5-2)10-6-9-22-21(29)25(11-12-26)15-17-13-16-14-18(28-3)7-8-19(16)23-20(17)27/h7-8,13-14,26H,4-6,9-12,15H2,1-3H3,(H,22,29)(H,23,27). The molecule has 0 fully saturated rings. The van der Waals surface area contributed by atoms with Gasteiger partial charge in [-0.2, -0.15) is 0 Å². The molecule has 0 aliphatic rings. The molecule has 8 heteroatoms. The number of hydrogen-bond acceptors (Lipinski definition) is 5. The number of hydrogen-bond donors (Lipinski definition) is 3. The lowest BCUT2D eigenvalue weighted by Crippen LogP contribution is -2.42. The van der Waals surface area contributed by atoms with E-state index in [1.807, 2.05) is 29.2 Å². The van der Waals surface area contributed by atoms with Gasteiger partial charge in [-0.3, -0.25) is 4.79 Å². The molecule has 0 aliphatic heterocycles. The fraction of sp³-hybridized carbons (Fsp3) is 0.524. The van der Waals surface area contributed by atoms with Gasteiger partial charge in [0.1, 0.15) is 5.75 Å². The number of aliphatic hydroxyl groups excluding tert-OH is 1. The maximum absolute atomic E-state index is 12.5. The molecular formula is C21H32N4O3S. The lowest BCUT2D eigenvalue weighted by molar-refractivity contribution is 0.244. The summed E-state index contributed by atoms with van der Waals surface area (Å²) in [6.45, 7) is 8.78. The van der Waals surface area contributed by atoms with Crippen LogP contribution < -0.4 is 15.6 Å². The summed E-state index contributed by atoms with van der Waals surface area (Å²) in [5.74, 6) is 0.730. The molecule has 0 amide bonds. The molecule has 1 aromatic heterocycles. The molecule has 0 spiro atoms. The van der Waals surface area contributed by atoms with Crippen LogP contribution in [-0.4, -0.2) is 71.4 Å². The molecule has 1 aromatic carbocycles. The van der Waals surface area contributed by atoms with E-state index in [0.717, 1.165) is 49.3 Å². The van der Waals surface area contributed by atoms with Crippen molar-refractivity contribution in [1.29, 1.82) is 0 Å². The summed E-state index contributed by atoms with van der Waals surface area (Å²) in [4.78, 5) is 19.6. The van der Waals surface area contributed by atoms with Gasteiger partial charge in [0.2, 0.25) is 0 Å². The van der Waals surface area contributed by atoms with E-state index in [1.165, 1.54) is 0 Å². The van der Waals surface area contributed by atoms with Gasteiger partial charge in [0, 0.05) is 29.6 Å². The Morgan fingerprint density at radius 1 is 1.24 bits per heavy atom. The third-order valence-corrected chi connectivity index (χ3v) is 5.37. The van der Waals surface area contributed by atoms with Crippen molar-refractivity contribution >= 4 is 28.2 Å². The fourth-order valence-corrected chi connectivity index (χ4v) is 3.46. The molecule has 0 saturated carbocycles. The lowest BCUT2D eigenvalue weighted by atomic mass is 10.1. The number of methoxy groups -OCH3 is 1. The van der Waals surface area contributed by atoms with Crippen molar-refractivity contribution in [3.63, 3.8) is 0 Å². The largest absolute Gasteiger partial charge is 0.497 e. The molecule has 160 valence electrons. The van der Waals surface area contributed by atoms with Crippen LogP contribution in [0.15, 0.2) is 29.1 Å². The van der Waals surface area contributed by atoms with Gasteiger partial charge in [-0.25, -0.2) is 0 Å². The summed E-state index contributed by atoms with van der Waals surface area (Å²) >= 11 is 5.51. The first-order chi connectivity index (χ1) is 14.0. The minimum Gasteiger partial charge on any atom is -0.497 e. The average molecular weight is 421 g/mol. The van der Waals surface area contributed by atoms with Gasteiger partial charge in [-0.05, 0) is 62.5 Å². The van der Waals surface area contributed by atoms with Crippen LogP contribution >= 0.6 is 12.2 Å². The van der Waals surface area contributed by atoms with Crippen LogP contribution in [0.2, 0.25) is 0 Å². The first-order valence-corrected chi connectivity index (χ1v) is 10.5. The number of aliphatic hydroxyl groups is 1. The van der Waals surface area contributed by atoms with Gasteiger partial charge >= 0.3 is 0 Å². The SMILES string of the molecule is CCN(CC)CCCNC(=S)N(CCO)Cc1cc2cc(OC)ccc2[nH]c1=O. The van der Waals surface area contributed by atoms with Crippen molar-refractivity contribution in [2.45, 2.75) is 26.8 Å². The lowest BCUT2D eigenvalue weighted by Gasteiger charge is -2.25. The molecule has 2 aromatic rings. The highest BCUT2D eigenvalue weighted by Gasteiger charge is 2.13. The van der Waals surface area contributed by atoms with E-state index in [9.17, 15) is 9.90 Å². The summed E-state index contributed by atoms with van der Waals surface area (Å²) in [7, 11) is 1.61. The Labute approximate surface area is 177 Å². The van der Waals surface area contributed by atoms with E-state index in [1.54, 1.807) is 7.11 Å². The number of nitrogens with zero attached hydrogens (tertiary/aromatic N) is 2. The van der Waals surface area contributed by atoms with E-state index in [4.69, 9.17) is 17.0 Å². The zero-order chi connectivity index (χ0) is 21.2. The van der Waals surface area contributed by atoms with Crippen LogP contribution in [0.3, 0.4) is 0 Å². The molecule has 0 saturated heterocycles. The summed E-state index contributed by atoms with van der Waals surface area (Å²) in [5, 5.41) is 14.1. The van der Waals surface area contributed by atoms with Gasteiger partial charge in [-0.15, -0.1) is 0 Å². The molecule has 1 heterocycles. The van der Waals surface area contributed by atoms with E-state index >= 15 is 0 Å². The Morgan fingerprint density at radius 2 is 2.00 bits per heavy atom. The summed E-state index contributed by atoms with van der Waals surface area (Å²) < 4.78 is 5.27. The van der Waals surface area contributed by atoms with Crippen LogP contribution in [0, 0.1) is 0 Å². The normalized spacial score (nSPS) is 11.1. The Balaban J connectivity index is 2.06. The molecule has 29 heavy (non-hydrogen) atoms. The summed E-state index contributed by atoms with van der Waals surface area (Å²) in [5.41, 5.74) is 1.19. The molecule has 0 radical (unpaired) electrons. The number of benzene rings is 1. The first kappa shape index (κ1) is 23.1. The van der Waals surface area contributed by atoms with Crippen molar-refractivity contribution in [2.75, 3.05) is 46.4 Å². The Bertz CT molecular complexity index is 851.